The van der Waals surface area contributed by atoms with Crippen LogP contribution >= 0.6 is 0 Å². The van der Waals surface area contributed by atoms with Gasteiger partial charge in [0.15, 0.2) is 5.58 Å². The van der Waals surface area contributed by atoms with E-state index in [-0.39, 0.29) is 4.90 Å². The van der Waals surface area contributed by atoms with Crippen molar-refractivity contribution in [2.75, 3.05) is 4.72 Å². The Bertz CT molecular complexity index is 1610. The van der Waals surface area contributed by atoms with E-state index < -0.39 is 15.8 Å². The zero-order valence-corrected chi connectivity index (χ0v) is 17.9. The lowest BCUT2D eigenvalue weighted by Gasteiger charge is -2.10. The summed E-state index contributed by atoms with van der Waals surface area (Å²) in [6.45, 7) is 0. The summed E-state index contributed by atoms with van der Waals surface area (Å²) in [5, 5.41) is 0. The topological polar surface area (TPSA) is 134 Å². The highest BCUT2D eigenvalue weighted by molar-refractivity contribution is 7.92. The molecule has 3 aromatic heterocycles. The Morgan fingerprint density at radius 2 is 1.88 bits per heavy atom. The number of aromatic nitrogens is 5. The van der Waals surface area contributed by atoms with E-state index in [1.807, 2.05) is 0 Å². The van der Waals surface area contributed by atoms with Crippen molar-refractivity contribution in [3.63, 3.8) is 0 Å². The minimum Gasteiger partial charge on any atom is -0.439 e. The molecule has 3 heterocycles. The van der Waals surface area contributed by atoms with Gasteiger partial charge in [-0.1, -0.05) is 0 Å². The van der Waals surface area contributed by atoms with E-state index >= 15 is 0 Å². The van der Waals surface area contributed by atoms with E-state index in [0.717, 1.165) is 0 Å². The van der Waals surface area contributed by atoms with Gasteiger partial charge in [0.1, 0.15) is 24.2 Å². The fourth-order valence-electron chi connectivity index (χ4n) is 3.12. The molecule has 11 nitrogen and oxygen atoms in total. The van der Waals surface area contributed by atoms with Gasteiger partial charge in [0, 0.05) is 31.2 Å². The average Bonchev–Trinajstić information content (AvgIpc) is 3.44. The summed E-state index contributed by atoms with van der Waals surface area (Å²) in [4.78, 5) is 23.9. The van der Waals surface area contributed by atoms with E-state index in [1.165, 1.54) is 36.1 Å². The fraction of sp³-hybridized carbons (Fsp3) is 0.0476. The summed E-state index contributed by atoms with van der Waals surface area (Å²) in [5.74, 6) is 0.807. The van der Waals surface area contributed by atoms with Gasteiger partial charge in [-0.25, -0.2) is 28.2 Å². The quantitative estimate of drug-likeness (QED) is 0.405. The molecule has 0 unspecified atom stereocenters. The second kappa shape index (κ2) is 7.91. The molecule has 0 saturated heterocycles. The summed E-state index contributed by atoms with van der Waals surface area (Å²) >= 11 is 0. The number of aryl methyl sites for hydroxylation is 1. The SMILES string of the molecule is Cn1c(=O)oc2ccc(S(=O)(=O)Nc3ccc(Oc4cc(-n5ccnc5)ncn4)cc3)cc21. The highest BCUT2D eigenvalue weighted by Crippen LogP contribution is 2.25. The molecular formula is C21H16N6O5S. The van der Waals surface area contributed by atoms with Crippen LogP contribution in [0.25, 0.3) is 16.9 Å². The predicted molar refractivity (Wildman–Crippen MR) is 118 cm³/mol. The first-order valence-electron chi connectivity index (χ1n) is 9.60. The van der Waals surface area contributed by atoms with E-state index in [2.05, 4.69) is 19.7 Å². The molecule has 0 atom stereocenters. The van der Waals surface area contributed by atoms with Crippen LogP contribution in [0.15, 0.2) is 87.7 Å². The molecule has 2 aromatic carbocycles. The Hall–Kier alpha value is -4.45. The monoisotopic (exact) mass is 464 g/mol. The molecule has 0 radical (unpaired) electrons. The van der Waals surface area contributed by atoms with Crippen LogP contribution in [0, 0.1) is 0 Å². The second-order valence-corrected chi connectivity index (χ2v) is 8.66. The van der Waals surface area contributed by atoms with Crippen molar-refractivity contribution in [3.05, 3.63) is 84.1 Å². The molecule has 0 fully saturated rings. The van der Waals surface area contributed by atoms with Crippen LogP contribution in [0.3, 0.4) is 0 Å². The normalized spacial score (nSPS) is 11.5. The minimum atomic E-state index is -3.89. The Labute approximate surface area is 187 Å². The highest BCUT2D eigenvalue weighted by Gasteiger charge is 2.17. The van der Waals surface area contributed by atoms with Crippen molar-refractivity contribution < 1.29 is 17.6 Å². The maximum absolute atomic E-state index is 12.8. The van der Waals surface area contributed by atoms with Crippen molar-refractivity contribution in [1.82, 2.24) is 24.1 Å². The lowest BCUT2D eigenvalue weighted by Crippen LogP contribution is -2.13. The summed E-state index contributed by atoms with van der Waals surface area (Å²) < 4.78 is 41.9. The molecule has 0 amide bonds. The summed E-state index contributed by atoms with van der Waals surface area (Å²) in [5.41, 5.74) is 1.03. The van der Waals surface area contributed by atoms with Gasteiger partial charge in [0.2, 0.25) is 5.88 Å². The number of nitrogens with zero attached hydrogens (tertiary/aromatic N) is 5. The minimum absolute atomic E-state index is 0.000238. The third-order valence-electron chi connectivity index (χ3n) is 4.80. The van der Waals surface area contributed by atoms with Gasteiger partial charge < -0.3 is 9.15 Å². The van der Waals surface area contributed by atoms with Crippen molar-refractivity contribution in [2.45, 2.75) is 4.90 Å². The van der Waals surface area contributed by atoms with Crippen molar-refractivity contribution >= 4 is 26.8 Å². The molecule has 0 saturated carbocycles. The molecular weight excluding hydrogens is 448 g/mol. The Morgan fingerprint density at radius 3 is 2.64 bits per heavy atom. The van der Waals surface area contributed by atoms with Crippen LogP contribution in [0.1, 0.15) is 0 Å². The number of anilines is 1. The van der Waals surface area contributed by atoms with E-state index in [9.17, 15) is 13.2 Å². The third-order valence-corrected chi connectivity index (χ3v) is 6.18. The number of oxazole rings is 1. The zero-order valence-electron chi connectivity index (χ0n) is 17.1. The van der Waals surface area contributed by atoms with Crippen LogP contribution in [0.2, 0.25) is 0 Å². The van der Waals surface area contributed by atoms with Gasteiger partial charge in [-0.15, -0.1) is 0 Å². The molecule has 12 heteroatoms. The number of sulfonamides is 1. The molecule has 5 aromatic rings. The number of rotatable bonds is 6. The van der Waals surface area contributed by atoms with Crippen LogP contribution in [0.4, 0.5) is 5.69 Å². The number of fused-ring (bicyclic) bond motifs is 1. The molecule has 1 N–H and O–H groups in total. The lowest BCUT2D eigenvalue weighted by atomic mass is 10.3. The van der Waals surface area contributed by atoms with Crippen LogP contribution in [-0.4, -0.2) is 32.5 Å². The molecule has 0 aliphatic rings. The van der Waals surface area contributed by atoms with E-state index in [1.54, 1.807) is 53.6 Å². The molecule has 0 aliphatic heterocycles. The third kappa shape index (κ3) is 4.06. The van der Waals surface area contributed by atoms with Crippen molar-refractivity contribution in [3.8, 4) is 17.4 Å². The second-order valence-electron chi connectivity index (χ2n) is 6.97. The first-order chi connectivity index (χ1) is 15.9. The van der Waals surface area contributed by atoms with Gasteiger partial charge in [-0.3, -0.25) is 13.9 Å². The molecule has 166 valence electrons. The largest absolute Gasteiger partial charge is 0.439 e. The fourth-order valence-corrected chi connectivity index (χ4v) is 4.20. The number of imidazole rings is 1. The molecule has 0 bridgehead atoms. The van der Waals surface area contributed by atoms with E-state index in [0.29, 0.717) is 34.2 Å². The Kier molecular flexibility index (Phi) is 4.90. The highest BCUT2D eigenvalue weighted by atomic mass is 32.2. The lowest BCUT2D eigenvalue weighted by molar-refractivity contribution is 0.461. The smallest absolute Gasteiger partial charge is 0.419 e. The summed E-state index contributed by atoms with van der Waals surface area (Å²) in [6.07, 6.45) is 6.37. The van der Waals surface area contributed by atoms with Gasteiger partial charge in [0.25, 0.3) is 10.0 Å². The molecule has 5 rings (SSSR count). The Morgan fingerprint density at radius 1 is 1.06 bits per heavy atom. The van der Waals surface area contributed by atoms with Crippen LogP contribution in [-0.2, 0) is 17.1 Å². The Balaban J connectivity index is 1.33. The standard InChI is InChI=1S/C21H16N6O5S/c1-26-17-10-16(6-7-18(17)32-21(26)28)33(29,30)25-14-2-4-15(5-3-14)31-20-11-19(23-12-24-20)27-9-8-22-13-27/h2-13,25H,1H3. The maximum Gasteiger partial charge on any atom is 0.419 e. The van der Waals surface area contributed by atoms with Gasteiger partial charge in [-0.2, -0.15) is 0 Å². The average molecular weight is 464 g/mol. The van der Waals surface area contributed by atoms with Crippen LogP contribution < -0.4 is 15.2 Å². The maximum atomic E-state index is 12.8. The summed E-state index contributed by atoms with van der Waals surface area (Å²) in [7, 11) is -2.39. The molecule has 0 spiro atoms. The number of ether oxygens (including phenoxy) is 1. The number of hydrogen-bond acceptors (Lipinski definition) is 8. The van der Waals surface area contributed by atoms with Gasteiger partial charge in [-0.05, 0) is 42.5 Å². The predicted octanol–water partition coefficient (Wildman–Crippen LogP) is 2.70. The number of benzene rings is 2. The van der Waals surface area contributed by atoms with Crippen molar-refractivity contribution in [1.29, 1.82) is 0 Å². The van der Waals surface area contributed by atoms with Crippen LogP contribution in [0.5, 0.6) is 11.6 Å². The van der Waals surface area contributed by atoms with Gasteiger partial charge in [0.05, 0.1) is 10.4 Å². The van der Waals surface area contributed by atoms with Gasteiger partial charge >= 0.3 is 5.76 Å². The number of nitrogens with one attached hydrogen (secondary N) is 1. The number of hydrogen-bond donors (Lipinski definition) is 1. The zero-order chi connectivity index (χ0) is 23.0. The first kappa shape index (κ1) is 20.5. The molecule has 0 aliphatic carbocycles. The van der Waals surface area contributed by atoms with Crippen molar-refractivity contribution in [2.24, 2.45) is 7.05 Å². The molecule has 33 heavy (non-hydrogen) atoms. The summed E-state index contributed by atoms with van der Waals surface area (Å²) in [6, 6.07) is 12.2. The first-order valence-corrected chi connectivity index (χ1v) is 11.1. The van der Waals surface area contributed by atoms with E-state index in [4.69, 9.17) is 9.15 Å².